The largest absolute Gasteiger partial charge is 0.507 e. The first-order chi connectivity index (χ1) is 19.2. The number of ether oxygens (including phenoxy) is 1. The van der Waals surface area contributed by atoms with E-state index < -0.39 is 11.6 Å². The Bertz CT molecular complexity index is 1810. The molecule has 0 saturated carbocycles. The molecule has 40 heavy (non-hydrogen) atoms. The second-order valence-electron chi connectivity index (χ2n) is 10.1. The standard InChI is InChI=1S/C29H23F2N7O2/c1-29(2)15-40-28-35-24-26(36-25(37-27(24)38(28)29)17-12-18(32-3)14-33-13-17)34-10-9-16-7-8-22(39)19(11-16)23-20(30)5-4-6-21(23)31/h4-8,11-14,39H,9-10,15H2,1-2H3,(H,34,36,37). The van der Waals surface area contributed by atoms with Gasteiger partial charge in [-0.1, -0.05) is 12.1 Å². The maximum Gasteiger partial charge on any atom is 0.299 e. The van der Waals surface area contributed by atoms with Gasteiger partial charge in [-0.05, 0) is 56.2 Å². The molecule has 6 rings (SSSR count). The summed E-state index contributed by atoms with van der Waals surface area (Å²) >= 11 is 0. The average molecular weight is 540 g/mol. The van der Waals surface area contributed by atoms with Crippen LogP contribution in [0.3, 0.4) is 0 Å². The SMILES string of the molecule is [C-]#[N+]c1cncc(-c2nc(NCCc3ccc(O)c(-c4c(F)cccc4F)c3)c3nc4n(c3n2)C(C)(C)CO4)c1. The normalized spacial score (nSPS) is 13.6. The van der Waals surface area contributed by atoms with Gasteiger partial charge in [0.2, 0.25) is 5.69 Å². The van der Waals surface area contributed by atoms with Crippen molar-refractivity contribution in [2.24, 2.45) is 0 Å². The number of aromatic hydroxyl groups is 1. The zero-order chi connectivity index (χ0) is 28.0. The van der Waals surface area contributed by atoms with Crippen molar-refractivity contribution in [1.82, 2.24) is 24.5 Å². The van der Waals surface area contributed by atoms with Gasteiger partial charge in [-0.3, -0.25) is 9.55 Å². The van der Waals surface area contributed by atoms with E-state index in [0.717, 1.165) is 17.7 Å². The van der Waals surface area contributed by atoms with Crippen LogP contribution in [-0.2, 0) is 12.0 Å². The van der Waals surface area contributed by atoms with Crippen LogP contribution < -0.4 is 10.1 Å². The highest BCUT2D eigenvalue weighted by Gasteiger charge is 2.36. The van der Waals surface area contributed by atoms with Gasteiger partial charge >= 0.3 is 0 Å². The number of imidazole rings is 1. The van der Waals surface area contributed by atoms with E-state index in [2.05, 4.69) is 20.1 Å². The molecule has 1 aliphatic rings. The van der Waals surface area contributed by atoms with Crippen LogP contribution in [0.2, 0.25) is 0 Å². The molecule has 4 heterocycles. The number of aromatic nitrogens is 5. The molecule has 0 fully saturated rings. The van der Waals surface area contributed by atoms with Crippen molar-refractivity contribution in [2.75, 3.05) is 18.5 Å². The minimum atomic E-state index is -0.753. The molecule has 1 aliphatic heterocycles. The Balaban J connectivity index is 1.34. The van der Waals surface area contributed by atoms with Crippen molar-refractivity contribution in [3.63, 3.8) is 0 Å². The van der Waals surface area contributed by atoms with E-state index in [1.54, 1.807) is 24.4 Å². The molecule has 0 amide bonds. The highest BCUT2D eigenvalue weighted by atomic mass is 19.1. The zero-order valence-corrected chi connectivity index (χ0v) is 21.6. The summed E-state index contributed by atoms with van der Waals surface area (Å²) in [6.45, 7) is 12.2. The Morgan fingerprint density at radius 2 is 1.90 bits per heavy atom. The summed E-state index contributed by atoms with van der Waals surface area (Å²) in [7, 11) is 0. The van der Waals surface area contributed by atoms with Crippen LogP contribution in [0.15, 0.2) is 54.9 Å². The number of fused-ring (bicyclic) bond motifs is 3. The van der Waals surface area contributed by atoms with Crippen LogP contribution in [0.1, 0.15) is 19.4 Å². The number of phenolic OH excluding ortho intramolecular Hbond substituents is 1. The van der Waals surface area contributed by atoms with Gasteiger partial charge in [0.25, 0.3) is 6.01 Å². The monoisotopic (exact) mass is 539 g/mol. The van der Waals surface area contributed by atoms with Gasteiger partial charge < -0.3 is 15.2 Å². The average Bonchev–Trinajstić information content (AvgIpc) is 3.47. The Hall–Kier alpha value is -5.11. The first kappa shape index (κ1) is 25.2. The second kappa shape index (κ2) is 9.57. The fourth-order valence-corrected chi connectivity index (χ4v) is 4.77. The quantitative estimate of drug-likeness (QED) is 0.260. The predicted octanol–water partition coefficient (Wildman–Crippen LogP) is 5.87. The van der Waals surface area contributed by atoms with E-state index in [1.807, 2.05) is 18.4 Å². The van der Waals surface area contributed by atoms with E-state index in [-0.39, 0.29) is 22.4 Å². The second-order valence-corrected chi connectivity index (χ2v) is 10.1. The summed E-state index contributed by atoms with van der Waals surface area (Å²) in [5, 5.41) is 13.6. The summed E-state index contributed by atoms with van der Waals surface area (Å²) in [6.07, 6.45) is 3.53. The molecule has 0 atom stereocenters. The lowest BCUT2D eigenvalue weighted by molar-refractivity contribution is 0.268. The molecule has 11 heteroatoms. The van der Waals surface area contributed by atoms with Gasteiger partial charge in [0, 0.05) is 30.1 Å². The maximum absolute atomic E-state index is 14.4. The van der Waals surface area contributed by atoms with Gasteiger partial charge in [-0.25, -0.2) is 23.6 Å². The maximum atomic E-state index is 14.4. The Morgan fingerprint density at radius 3 is 2.67 bits per heavy atom. The van der Waals surface area contributed by atoms with Crippen molar-refractivity contribution in [2.45, 2.75) is 25.8 Å². The Labute approximate surface area is 228 Å². The van der Waals surface area contributed by atoms with E-state index in [4.69, 9.17) is 21.3 Å². The number of benzene rings is 2. The van der Waals surface area contributed by atoms with E-state index in [1.165, 1.54) is 18.3 Å². The Kier molecular flexibility index (Phi) is 6.03. The summed E-state index contributed by atoms with van der Waals surface area (Å²) in [5.41, 5.74) is 2.24. The molecule has 0 aliphatic carbocycles. The molecule has 200 valence electrons. The molecule has 0 bridgehead atoms. The van der Waals surface area contributed by atoms with Gasteiger partial charge in [-0.2, -0.15) is 4.98 Å². The highest BCUT2D eigenvalue weighted by molar-refractivity contribution is 5.87. The molecule has 5 aromatic rings. The fourth-order valence-electron chi connectivity index (χ4n) is 4.77. The number of nitrogens with zero attached hydrogens (tertiary/aromatic N) is 6. The van der Waals surface area contributed by atoms with Crippen molar-refractivity contribution in [3.05, 3.63) is 83.5 Å². The van der Waals surface area contributed by atoms with Crippen LogP contribution in [0, 0.1) is 18.2 Å². The van der Waals surface area contributed by atoms with Crippen LogP contribution in [-0.4, -0.2) is 42.8 Å². The first-order valence-corrected chi connectivity index (χ1v) is 12.5. The van der Waals surface area contributed by atoms with E-state index in [0.29, 0.717) is 59.6 Å². The first-order valence-electron chi connectivity index (χ1n) is 12.5. The van der Waals surface area contributed by atoms with Crippen molar-refractivity contribution in [3.8, 4) is 34.3 Å². The summed E-state index contributed by atoms with van der Waals surface area (Å²) in [4.78, 5) is 21.7. The zero-order valence-electron chi connectivity index (χ0n) is 21.6. The Morgan fingerprint density at radius 1 is 1.10 bits per heavy atom. The number of hydrogen-bond donors (Lipinski definition) is 2. The van der Waals surface area contributed by atoms with Gasteiger partial charge in [-0.15, -0.1) is 0 Å². The van der Waals surface area contributed by atoms with Crippen LogP contribution in [0.4, 0.5) is 20.3 Å². The molecule has 2 aromatic carbocycles. The molecule has 3 aromatic heterocycles. The lowest BCUT2D eigenvalue weighted by Crippen LogP contribution is -2.25. The molecular formula is C29H23F2N7O2. The van der Waals surface area contributed by atoms with Gasteiger partial charge in [0.15, 0.2) is 22.8 Å². The van der Waals surface area contributed by atoms with Crippen molar-refractivity contribution in [1.29, 1.82) is 0 Å². The molecular weight excluding hydrogens is 516 g/mol. The number of hydrogen-bond acceptors (Lipinski definition) is 7. The van der Waals surface area contributed by atoms with Crippen LogP contribution >= 0.6 is 0 Å². The number of nitrogens with one attached hydrogen (secondary N) is 1. The third-order valence-corrected chi connectivity index (χ3v) is 6.75. The molecule has 0 radical (unpaired) electrons. The molecule has 2 N–H and O–H groups in total. The van der Waals surface area contributed by atoms with Crippen molar-refractivity contribution < 1.29 is 18.6 Å². The molecule has 9 nitrogen and oxygen atoms in total. The predicted molar refractivity (Wildman–Crippen MR) is 145 cm³/mol. The molecule has 0 saturated heterocycles. The topological polar surface area (TPSA) is 102 Å². The minimum absolute atomic E-state index is 0.0805. The molecule has 0 spiro atoms. The van der Waals surface area contributed by atoms with E-state index in [9.17, 15) is 13.9 Å². The van der Waals surface area contributed by atoms with Gasteiger partial charge in [0.1, 0.15) is 24.0 Å². The summed E-state index contributed by atoms with van der Waals surface area (Å²) < 4.78 is 36.5. The van der Waals surface area contributed by atoms with Gasteiger partial charge in [0.05, 0.1) is 17.7 Å². The smallest absolute Gasteiger partial charge is 0.299 e. The molecule has 0 unspecified atom stereocenters. The van der Waals surface area contributed by atoms with E-state index >= 15 is 0 Å². The third kappa shape index (κ3) is 4.33. The number of halogens is 2. The number of anilines is 1. The minimum Gasteiger partial charge on any atom is -0.507 e. The van der Waals surface area contributed by atoms with Crippen LogP contribution in [0.5, 0.6) is 11.8 Å². The lowest BCUT2D eigenvalue weighted by atomic mass is 9.99. The third-order valence-electron chi connectivity index (χ3n) is 6.75. The van der Waals surface area contributed by atoms with Crippen molar-refractivity contribution >= 4 is 22.7 Å². The summed E-state index contributed by atoms with van der Waals surface area (Å²) in [5.74, 6) is -0.880. The lowest BCUT2D eigenvalue weighted by Gasteiger charge is -2.18. The summed E-state index contributed by atoms with van der Waals surface area (Å²) in [6, 6.07) is 10.4. The number of phenols is 1. The highest BCUT2D eigenvalue weighted by Crippen LogP contribution is 2.38. The fraction of sp³-hybridized carbons (Fsp3) is 0.207. The number of rotatable bonds is 6. The van der Waals surface area contributed by atoms with Crippen LogP contribution in [0.25, 0.3) is 38.5 Å². The number of pyridine rings is 1.